The van der Waals surface area contributed by atoms with Crippen LogP contribution in [0.2, 0.25) is 0 Å². The predicted octanol–water partition coefficient (Wildman–Crippen LogP) is 0.441. The zero-order chi connectivity index (χ0) is 6.53. The van der Waals surface area contributed by atoms with Crippen molar-refractivity contribution in [2.75, 3.05) is 13.2 Å². The lowest BCUT2D eigenvalue weighted by Crippen LogP contribution is -2.35. The minimum absolute atomic E-state index is 0. The van der Waals surface area contributed by atoms with E-state index in [1.54, 1.807) is 0 Å². The van der Waals surface area contributed by atoms with Crippen molar-refractivity contribution >= 4 is 12.4 Å². The summed E-state index contributed by atoms with van der Waals surface area (Å²) in [5.41, 5.74) is 2.61. The second-order valence-corrected chi connectivity index (χ2v) is 2.40. The van der Waals surface area contributed by atoms with Crippen molar-refractivity contribution in [1.82, 2.24) is 5.43 Å². The molecule has 3 N–H and O–H groups in total. The van der Waals surface area contributed by atoms with E-state index in [2.05, 4.69) is 5.43 Å². The third-order valence-corrected chi connectivity index (χ3v) is 1.62. The molecule has 1 rings (SSSR count). The highest BCUT2D eigenvalue weighted by molar-refractivity contribution is 5.85. The summed E-state index contributed by atoms with van der Waals surface area (Å²) in [6, 6.07) is 0. The van der Waals surface area contributed by atoms with Crippen LogP contribution < -0.4 is 11.3 Å². The molecule has 1 aliphatic heterocycles. The number of nitrogens with two attached hydrogens (primary N) is 1. The largest absolute Gasteiger partial charge is 0.377 e. The van der Waals surface area contributed by atoms with Gasteiger partial charge < -0.3 is 4.74 Å². The van der Waals surface area contributed by atoms with E-state index in [4.69, 9.17) is 10.6 Å². The zero-order valence-corrected chi connectivity index (χ0v) is 6.82. The summed E-state index contributed by atoms with van der Waals surface area (Å²) in [5.74, 6) is 5.13. The summed E-state index contributed by atoms with van der Waals surface area (Å²) in [5, 5.41) is 0. The summed E-state index contributed by atoms with van der Waals surface area (Å²) >= 11 is 0. The molecule has 0 spiro atoms. The molecule has 0 radical (unpaired) electrons. The number of ether oxygens (including phenoxy) is 1. The average molecular weight is 167 g/mol. The zero-order valence-electron chi connectivity index (χ0n) is 6.01. The molecule has 1 fully saturated rings. The fraction of sp³-hybridized carbons (Fsp3) is 1.00. The van der Waals surface area contributed by atoms with Crippen LogP contribution >= 0.6 is 12.4 Å². The topological polar surface area (TPSA) is 47.3 Å². The molecule has 0 saturated carbocycles. The number of hydrazine groups is 1. The maximum Gasteiger partial charge on any atom is 0.0713 e. The van der Waals surface area contributed by atoms with Crippen LogP contribution in [-0.2, 0) is 4.74 Å². The maximum absolute atomic E-state index is 5.38. The van der Waals surface area contributed by atoms with Crippen molar-refractivity contribution in [3.05, 3.63) is 0 Å². The molecule has 0 amide bonds. The van der Waals surface area contributed by atoms with Crippen molar-refractivity contribution in [3.63, 3.8) is 0 Å². The first-order chi connectivity index (χ1) is 4.43. The van der Waals surface area contributed by atoms with Gasteiger partial charge in [0, 0.05) is 13.2 Å². The highest BCUT2D eigenvalue weighted by atomic mass is 35.5. The van der Waals surface area contributed by atoms with E-state index >= 15 is 0 Å². The smallest absolute Gasteiger partial charge is 0.0713 e. The Kier molecular flexibility index (Phi) is 6.02. The molecule has 10 heavy (non-hydrogen) atoms. The Morgan fingerprint density at radius 1 is 1.50 bits per heavy atom. The molecular formula is C6H15ClN2O. The highest BCUT2D eigenvalue weighted by Gasteiger charge is 2.11. The minimum Gasteiger partial charge on any atom is -0.377 e. The Balaban J connectivity index is 0.000000810. The average Bonchev–Trinajstić information content (AvgIpc) is 1.91. The van der Waals surface area contributed by atoms with Gasteiger partial charge in [-0.1, -0.05) is 0 Å². The Hall–Kier alpha value is 0.170. The standard InChI is InChI=1S/C6H14N2O.ClH/c7-8-5-6-3-1-2-4-9-6;/h6,8H,1-5,7H2;1H. The summed E-state index contributed by atoms with van der Waals surface area (Å²) < 4.78 is 5.38. The number of hydrogen-bond donors (Lipinski definition) is 2. The van der Waals surface area contributed by atoms with E-state index < -0.39 is 0 Å². The number of nitrogens with one attached hydrogen (secondary N) is 1. The Morgan fingerprint density at radius 2 is 2.30 bits per heavy atom. The van der Waals surface area contributed by atoms with E-state index in [1.165, 1.54) is 12.8 Å². The number of hydrogen-bond acceptors (Lipinski definition) is 3. The molecule has 4 heteroatoms. The summed E-state index contributed by atoms with van der Waals surface area (Å²) in [7, 11) is 0. The van der Waals surface area contributed by atoms with Crippen LogP contribution in [-0.4, -0.2) is 19.3 Å². The van der Waals surface area contributed by atoms with Crippen molar-refractivity contribution in [2.24, 2.45) is 5.84 Å². The normalized spacial score (nSPS) is 25.5. The van der Waals surface area contributed by atoms with Gasteiger partial charge in [0.05, 0.1) is 6.10 Å². The fourth-order valence-corrected chi connectivity index (χ4v) is 1.10. The third-order valence-electron chi connectivity index (χ3n) is 1.62. The quantitative estimate of drug-likeness (QED) is 0.463. The van der Waals surface area contributed by atoms with Crippen LogP contribution in [0.1, 0.15) is 19.3 Å². The molecule has 62 valence electrons. The molecule has 0 aromatic rings. The SMILES string of the molecule is Cl.NNCC1CCCCO1. The molecule has 0 bridgehead atoms. The van der Waals surface area contributed by atoms with Crippen molar-refractivity contribution in [3.8, 4) is 0 Å². The summed E-state index contributed by atoms with van der Waals surface area (Å²) in [6.45, 7) is 1.70. The van der Waals surface area contributed by atoms with Crippen LogP contribution in [0.4, 0.5) is 0 Å². The molecule has 1 saturated heterocycles. The first-order valence-electron chi connectivity index (χ1n) is 3.48. The van der Waals surface area contributed by atoms with Gasteiger partial charge in [0.2, 0.25) is 0 Å². The maximum atomic E-state index is 5.38. The van der Waals surface area contributed by atoms with E-state index in [0.717, 1.165) is 19.6 Å². The van der Waals surface area contributed by atoms with Crippen molar-refractivity contribution in [2.45, 2.75) is 25.4 Å². The van der Waals surface area contributed by atoms with Gasteiger partial charge in [0.1, 0.15) is 0 Å². The van der Waals surface area contributed by atoms with Gasteiger partial charge in [0.25, 0.3) is 0 Å². The Bertz CT molecular complexity index is 73.4. The van der Waals surface area contributed by atoms with Crippen LogP contribution in [0.3, 0.4) is 0 Å². The molecule has 0 aromatic carbocycles. The second kappa shape index (κ2) is 5.92. The molecule has 1 aliphatic rings. The van der Waals surface area contributed by atoms with Crippen molar-refractivity contribution < 1.29 is 4.74 Å². The Labute approximate surface area is 67.7 Å². The first-order valence-corrected chi connectivity index (χ1v) is 3.48. The van der Waals surface area contributed by atoms with Crippen LogP contribution in [0, 0.1) is 0 Å². The van der Waals surface area contributed by atoms with E-state index in [9.17, 15) is 0 Å². The van der Waals surface area contributed by atoms with E-state index in [1.807, 2.05) is 0 Å². The minimum atomic E-state index is 0. The molecule has 0 aliphatic carbocycles. The molecule has 1 atom stereocenters. The molecule has 1 heterocycles. The second-order valence-electron chi connectivity index (χ2n) is 2.40. The summed E-state index contributed by atoms with van der Waals surface area (Å²) in [6.07, 6.45) is 4.01. The number of rotatable bonds is 2. The van der Waals surface area contributed by atoms with Gasteiger partial charge in [-0.2, -0.15) is 0 Å². The molecule has 1 unspecified atom stereocenters. The Morgan fingerprint density at radius 3 is 2.80 bits per heavy atom. The highest BCUT2D eigenvalue weighted by Crippen LogP contribution is 2.10. The lowest BCUT2D eigenvalue weighted by Gasteiger charge is -2.21. The predicted molar refractivity (Wildman–Crippen MR) is 43.0 cm³/mol. The van der Waals surface area contributed by atoms with Crippen LogP contribution in [0.25, 0.3) is 0 Å². The van der Waals surface area contributed by atoms with Crippen LogP contribution in [0.15, 0.2) is 0 Å². The van der Waals surface area contributed by atoms with Gasteiger partial charge in [-0.05, 0) is 19.3 Å². The van der Waals surface area contributed by atoms with E-state index in [-0.39, 0.29) is 12.4 Å². The molecular weight excluding hydrogens is 152 g/mol. The van der Waals surface area contributed by atoms with Gasteiger partial charge in [-0.15, -0.1) is 12.4 Å². The fourth-order valence-electron chi connectivity index (χ4n) is 1.10. The lowest BCUT2D eigenvalue weighted by atomic mass is 10.1. The van der Waals surface area contributed by atoms with Gasteiger partial charge in [-0.25, -0.2) is 0 Å². The monoisotopic (exact) mass is 166 g/mol. The van der Waals surface area contributed by atoms with Crippen molar-refractivity contribution in [1.29, 1.82) is 0 Å². The van der Waals surface area contributed by atoms with E-state index in [0.29, 0.717) is 6.10 Å². The third kappa shape index (κ3) is 3.37. The van der Waals surface area contributed by atoms with Gasteiger partial charge in [0.15, 0.2) is 0 Å². The molecule has 0 aromatic heterocycles. The van der Waals surface area contributed by atoms with Gasteiger partial charge in [-0.3, -0.25) is 11.3 Å². The summed E-state index contributed by atoms with van der Waals surface area (Å²) in [4.78, 5) is 0. The van der Waals surface area contributed by atoms with Crippen LogP contribution in [0.5, 0.6) is 0 Å². The first kappa shape index (κ1) is 10.2. The van der Waals surface area contributed by atoms with Gasteiger partial charge >= 0.3 is 0 Å². The molecule has 3 nitrogen and oxygen atoms in total. The lowest BCUT2D eigenvalue weighted by molar-refractivity contribution is 0.0171. The number of halogens is 1.